The largest absolute Gasteiger partial charge is 0.351 e. The first-order valence-electron chi connectivity index (χ1n) is 10.2. The molecule has 1 aromatic carbocycles. The number of fused-ring (bicyclic) bond motifs is 1. The summed E-state index contributed by atoms with van der Waals surface area (Å²) in [5, 5.41) is 5.73. The summed E-state index contributed by atoms with van der Waals surface area (Å²) < 4.78 is 1.85. The van der Waals surface area contributed by atoms with Gasteiger partial charge in [0.2, 0.25) is 0 Å². The highest BCUT2D eigenvalue weighted by atomic mass is 16.2. The van der Waals surface area contributed by atoms with Crippen molar-refractivity contribution in [3.63, 3.8) is 0 Å². The van der Waals surface area contributed by atoms with Crippen LogP contribution in [-0.4, -0.2) is 33.7 Å². The summed E-state index contributed by atoms with van der Waals surface area (Å²) >= 11 is 0. The Balaban J connectivity index is 1.82. The molecule has 154 valence electrons. The van der Waals surface area contributed by atoms with Crippen LogP contribution in [0.5, 0.6) is 0 Å². The number of ketones is 1. The topological polar surface area (TPSA) is 93.1 Å². The van der Waals surface area contributed by atoms with Crippen molar-refractivity contribution < 1.29 is 14.4 Å². The van der Waals surface area contributed by atoms with Crippen LogP contribution in [0.4, 0.5) is 5.69 Å². The predicted molar refractivity (Wildman–Crippen MR) is 111 cm³/mol. The molecular formula is C22H28N4O3. The van der Waals surface area contributed by atoms with Crippen LogP contribution < -0.4 is 10.6 Å². The fraction of sp³-hybridized carbons (Fsp3) is 0.455. The van der Waals surface area contributed by atoms with E-state index in [1.165, 1.54) is 6.92 Å². The van der Waals surface area contributed by atoms with E-state index in [1.54, 1.807) is 24.3 Å². The van der Waals surface area contributed by atoms with E-state index in [0.717, 1.165) is 31.4 Å². The van der Waals surface area contributed by atoms with E-state index in [9.17, 15) is 14.4 Å². The lowest BCUT2D eigenvalue weighted by molar-refractivity contribution is 0.0945. The summed E-state index contributed by atoms with van der Waals surface area (Å²) in [6.07, 6.45) is 3.53. The minimum absolute atomic E-state index is 0.0698. The second-order valence-corrected chi connectivity index (χ2v) is 7.87. The quantitative estimate of drug-likeness (QED) is 0.701. The van der Waals surface area contributed by atoms with Crippen molar-refractivity contribution in [2.75, 3.05) is 11.9 Å². The molecule has 0 fully saturated rings. The molecule has 1 aromatic heterocycles. The molecule has 0 spiro atoms. The zero-order valence-corrected chi connectivity index (χ0v) is 17.2. The maximum absolute atomic E-state index is 12.9. The van der Waals surface area contributed by atoms with Gasteiger partial charge < -0.3 is 15.2 Å². The third kappa shape index (κ3) is 4.91. The van der Waals surface area contributed by atoms with Gasteiger partial charge in [0.1, 0.15) is 5.69 Å². The second kappa shape index (κ2) is 9.03. The summed E-state index contributed by atoms with van der Waals surface area (Å²) in [6.45, 7) is 6.94. The van der Waals surface area contributed by atoms with E-state index < -0.39 is 0 Å². The molecule has 7 heteroatoms. The second-order valence-electron chi connectivity index (χ2n) is 7.87. The molecule has 0 unspecified atom stereocenters. The van der Waals surface area contributed by atoms with Gasteiger partial charge in [-0.2, -0.15) is 0 Å². The van der Waals surface area contributed by atoms with Gasteiger partial charge in [0.15, 0.2) is 11.6 Å². The zero-order chi connectivity index (χ0) is 21.0. The number of hydrogen-bond donors (Lipinski definition) is 2. The van der Waals surface area contributed by atoms with Crippen LogP contribution in [0.25, 0.3) is 0 Å². The summed E-state index contributed by atoms with van der Waals surface area (Å²) in [5.41, 5.74) is 2.22. The number of imidazole rings is 1. The van der Waals surface area contributed by atoms with E-state index >= 15 is 0 Å². The fourth-order valence-electron chi connectivity index (χ4n) is 3.46. The number of aromatic nitrogens is 2. The van der Waals surface area contributed by atoms with Gasteiger partial charge >= 0.3 is 0 Å². The Labute approximate surface area is 170 Å². The van der Waals surface area contributed by atoms with Gasteiger partial charge in [-0.3, -0.25) is 14.4 Å². The number of benzene rings is 1. The number of amides is 2. The SMILES string of the molecule is CC(=O)c1cccc(NC(=O)c2nc(C(=O)NCCC(C)C)c3n2CCCC3)c1. The molecule has 0 bridgehead atoms. The Bertz CT molecular complexity index is 930. The Morgan fingerprint density at radius 2 is 1.97 bits per heavy atom. The van der Waals surface area contributed by atoms with Crippen LogP contribution in [-0.2, 0) is 13.0 Å². The lowest BCUT2D eigenvalue weighted by Crippen LogP contribution is -2.27. The first-order valence-corrected chi connectivity index (χ1v) is 10.2. The Kier molecular flexibility index (Phi) is 6.46. The van der Waals surface area contributed by atoms with Crippen molar-refractivity contribution >= 4 is 23.3 Å². The molecule has 3 rings (SSSR count). The van der Waals surface area contributed by atoms with Crippen LogP contribution in [0.2, 0.25) is 0 Å². The normalized spacial score (nSPS) is 13.1. The minimum Gasteiger partial charge on any atom is -0.351 e. The lowest BCUT2D eigenvalue weighted by atomic mass is 10.1. The minimum atomic E-state index is -0.380. The highest BCUT2D eigenvalue weighted by Gasteiger charge is 2.27. The van der Waals surface area contributed by atoms with Gasteiger partial charge in [-0.25, -0.2) is 4.98 Å². The summed E-state index contributed by atoms with van der Waals surface area (Å²) in [4.78, 5) is 41.5. The van der Waals surface area contributed by atoms with Gasteiger partial charge in [0.25, 0.3) is 11.8 Å². The number of rotatable bonds is 7. The van der Waals surface area contributed by atoms with E-state index in [1.807, 2.05) is 4.57 Å². The lowest BCUT2D eigenvalue weighted by Gasteiger charge is -2.17. The van der Waals surface area contributed by atoms with Crippen LogP contribution in [0.3, 0.4) is 0 Å². The third-order valence-electron chi connectivity index (χ3n) is 5.07. The van der Waals surface area contributed by atoms with E-state index in [0.29, 0.717) is 36.0 Å². The Morgan fingerprint density at radius 3 is 2.69 bits per heavy atom. The average molecular weight is 396 g/mol. The number of nitrogens with zero attached hydrogens (tertiary/aromatic N) is 2. The van der Waals surface area contributed by atoms with Gasteiger partial charge in [-0.15, -0.1) is 0 Å². The average Bonchev–Trinajstić information content (AvgIpc) is 3.08. The standard InChI is InChI=1S/C22H28N4O3/c1-14(2)10-11-23-21(28)19-18-9-4-5-12-26(18)20(25-19)22(29)24-17-8-6-7-16(13-17)15(3)27/h6-8,13-14H,4-5,9-12H2,1-3H3,(H,23,28)(H,24,29). The number of carbonyl (C=O) groups is 3. The molecule has 0 radical (unpaired) electrons. The monoisotopic (exact) mass is 396 g/mol. The van der Waals surface area contributed by atoms with E-state index in [-0.39, 0.29) is 23.4 Å². The maximum Gasteiger partial charge on any atom is 0.291 e. The molecule has 7 nitrogen and oxygen atoms in total. The molecule has 0 atom stereocenters. The molecule has 1 aliphatic rings. The van der Waals surface area contributed by atoms with Crippen LogP contribution >= 0.6 is 0 Å². The zero-order valence-electron chi connectivity index (χ0n) is 17.2. The van der Waals surface area contributed by atoms with Crippen molar-refractivity contribution in [1.29, 1.82) is 0 Å². The molecular weight excluding hydrogens is 368 g/mol. The van der Waals surface area contributed by atoms with Crippen molar-refractivity contribution in [2.24, 2.45) is 5.92 Å². The molecule has 2 heterocycles. The number of carbonyl (C=O) groups excluding carboxylic acids is 3. The molecule has 0 saturated heterocycles. The van der Waals surface area contributed by atoms with Crippen LogP contribution in [0.1, 0.15) is 77.2 Å². The maximum atomic E-state index is 12.9. The first kappa shape index (κ1) is 20.8. The Hall–Kier alpha value is -2.96. The molecule has 0 aliphatic carbocycles. The molecule has 0 saturated carbocycles. The molecule has 29 heavy (non-hydrogen) atoms. The van der Waals surface area contributed by atoms with Gasteiger partial charge in [-0.05, 0) is 50.7 Å². The third-order valence-corrected chi connectivity index (χ3v) is 5.07. The highest BCUT2D eigenvalue weighted by Crippen LogP contribution is 2.22. The summed E-state index contributed by atoms with van der Waals surface area (Å²) in [7, 11) is 0. The predicted octanol–water partition coefficient (Wildman–Crippen LogP) is 3.45. The molecule has 2 aromatic rings. The number of anilines is 1. The number of hydrogen-bond acceptors (Lipinski definition) is 4. The van der Waals surface area contributed by atoms with Gasteiger partial charge in [-0.1, -0.05) is 26.0 Å². The first-order chi connectivity index (χ1) is 13.9. The molecule has 2 amide bonds. The molecule has 2 N–H and O–H groups in total. The van der Waals surface area contributed by atoms with E-state index in [2.05, 4.69) is 29.5 Å². The molecule has 1 aliphatic heterocycles. The Morgan fingerprint density at radius 1 is 1.17 bits per heavy atom. The van der Waals surface area contributed by atoms with Gasteiger partial charge in [0.05, 0.1) is 5.69 Å². The smallest absolute Gasteiger partial charge is 0.291 e. The van der Waals surface area contributed by atoms with E-state index in [4.69, 9.17) is 0 Å². The van der Waals surface area contributed by atoms with Crippen molar-refractivity contribution in [3.05, 3.63) is 47.0 Å². The van der Waals surface area contributed by atoms with Crippen molar-refractivity contribution in [3.8, 4) is 0 Å². The van der Waals surface area contributed by atoms with Crippen LogP contribution in [0, 0.1) is 5.92 Å². The highest BCUT2D eigenvalue weighted by molar-refractivity contribution is 6.04. The number of nitrogens with one attached hydrogen (secondary N) is 2. The fourth-order valence-corrected chi connectivity index (χ4v) is 3.46. The van der Waals surface area contributed by atoms with Crippen LogP contribution in [0.15, 0.2) is 24.3 Å². The number of Topliss-reactive ketones (excluding diaryl/α,β-unsaturated/α-hetero) is 1. The van der Waals surface area contributed by atoms with Gasteiger partial charge in [0, 0.05) is 24.3 Å². The van der Waals surface area contributed by atoms with Crippen molar-refractivity contribution in [2.45, 2.75) is 53.0 Å². The summed E-state index contributed by atoms with van der Waals surface area (Å²) in [6, 6.07) is 6.79. The van der Waals surface area contributed by atoms with Crippen molar-refractivity contribution in [1.82, 2.24) is 14.9 Å². The summed E-state index contributed by atoms with van der Waals surface area (Å²) in [5.74, 6) is 0.0592.